The van der Waals surface area contributed by atoms with Crippen molar-refractivity contribution in [1.29, 1.82) is 0 Å². The van der Waals surface area contributed by atoms with E-state index in [0.29, 0.717) is 17.5 Å². The number of benzene rings is 1. The molecule has 5 nitrogen and oxygen atoms in total. The van der Waals surface area contributed by atoms with Gasteiger partial charge in [0.05, 0.1) is 6.26 Å². The Balaban J connectivity index is 1.70. The molecule has 1 aliphatic carbocycles. The highest BCUT2D eigenvalue weighted by Gasteiger charge is 2.65. The number of sulfonamides is 1. The molecular weight excluding hydrogens is 300 g/mol. The van der Waals surface area contributed by atoms with E-state index in [0.717, 1.165) is 26.1 Å². The molecule has 2 N–H and O–H groups in total. The monoisotopic (exact) mass is 324 g/mol. The van der Waals surface area contributed by atoms with Crippen LogP contribution in [0.15, 0.2) is 24.3 Å². The third-order valence-electron chi connectivity index (χ3n) is 5.25. The zero-order valence-corrected chi connectivity index (χ0v) is 13.9. The molecular formula is C16H24N2O3S. The summed E-state index contributed by atoms with van der Waals surface area (Å²) < 4.78 is 25.3. The first kappa shape index (κ1) is 15.8. The van der Waals surface area contributed by atoms with E-state index in [2.05, 4.69) is 22.6 Å². The fourth-order valence-electron chi connectivity index (χ4n) is 4.00. The lowest BCUT2D eigenvalue weighted by molar-refractivity contribution is 0.227. The van der Waals surface area contributed by atoms with Crippen molar-refractivity contribution in [3.05, 3.63) is 29.8 Å². The van der Waals surface area contributed by atoms with Crippen LogP contribution in [0.3, 0.4) is 0 Å². The minimum atomic E-state index is -3.24. The number of likely N-dealkylation sites (tertiary alicyclic amines) is 1. The summed E-state index contributed by atoms with van der Waals surface area (Å²) in [5, 5.41) is 8.93. The number of aliphatic hydroxyl groups is 1. The fourth-order valence-corrected chi connectivity index (χ4v) is 4.55. The fraction of sp³-hybridized carbons (Fsp3) is 0.625. The van der Waals surface area contributed by atoms with Gasteiger partial charge in [-0.15, -0.1) is 0 Å². The predicted molar refractivity (Wildman–Crippen MR) is 87.4 cm³/mol. The molecule has 0 bridgehead atoms. The third kappa shape index (κ3) is 2.87. The summed E-state index contributed by atoms with van der Waals surface area (Å²) in [6.07, 6.45) is 2.01. The topological polar surface area (TPSA) is 69.6 Å². The Hall–Kier alpha value is -1.11. The van der Waals surface area contributed by atoms with Crippen molar-refractivity contribution in [3.8, 4) is 0 Å². The van der Waals surface area contributed by atoms with E-state index >= 15 is 0 Å². The zero-order chi connectivity index (χ0) is 16.0. The van der Waals surface area contributed by atoms with E-state index < -0.39 is 10.0 Å². The molecule has 1 saturated carbocycles. The highest BCUT2D eigenvalue weighted by molar-refractivity contribution is 7.92. The lowest BCUT2D eigenvalue weighted by Gasteiger charge is -2.24. The van der Waals surface area contributed by atoms with Crippen molar-refractivity contribution in [3.63, 3.8) is 0 Å². The van der Waals surface area contributed by atoms with Gasteiger partial charge in [-0.05, 0) is 36.0 Å². The van der Waals surface area contributed by atoms with Crippen LogP contribution < -0.4 is 4.72 Å². The molecule has 2 aliphatic rings. The molecule has 22 heavy (non-hydrogen) atoms. The van der Waals surface area contributed by atoms with Gasteiger partial charge in [0.1, 0.15) is 0 Å². The third-order valence-corrected chi connectivity index (χ3v) is 5.85. The van der Waals surface area contributed by atoms with Crippen LogP contribution in [0.2, 0.25) is 0 Å². The van der Waals surface area contributed by atoms with Crippen molar-refractivity contribution in [2.75, 3.05) is 37.2 Å². The van der Waals surface area contributed by atoms with Gasteiger partial charge in [-0.1, -0.05) is 19.1 Å². The van der Waals surface area contributed by atoms with Gasteiger partial charge in [0.15, 0.2) is 0 Å². The SMILES string of the molecule is CC1(c2cccc(NS(C)(=O)=O)c2)C2CN(CCCO)CC21. The normalized spacial score (nSPS) is 31.0. The standard InChI is InChI=1S/C16H24N2O3S/c1-16(14-10-18(7-4-8-19)11-15(14)16)12-5-3-6-13(9-12)17-22(2,20)21/h3,5-6,9,14-15,17,19H,4,7-8,10-11H2,1-2H3. The van der Waals surface area contributed by atoms with E-state index in [9.17, 15) is 8.42 Å². The minimum Gasteiger partial charge on any atom is -0.396 e. The van der Waals surface area contributed by atoms with Crippen LogP contribution in [-0.2, 0) is 15.4 Å². The van der Waals surface area contributed by atoms with Crippen molar-refractivity contribution in [1.82, 2.24) is 4.90 Å². The summed E-state index contributed by atoms with van der Waals surface area (Å²) in [5.41, 5.74) is 2.02. The second kappa shape index (κ2) is 5.51. The number of anilines is 1. The van der Waals surface area contributed by atoms with E-state index in [-0.39, 0.29) is 12.0 Å². The van der Waals surface area contributed by atoms with E-state index in [4.69, 9.17) is 5.11 Å². The largest absolute Gasteiger partial charge is 0.396 e. The average molecular weight is 324 g/mol. The summed E-state index contributed by atoms with van der Waals surface area (Å²) in [6.45, 7) is 5.65. The van der Waals surface area contributed by atoms with Gasteiger partial charge in [0.2, 0.25) is 10.0 Å². The maximum absolute atomic E-state index is 11.4. The number of nitrogens with zero attached hydrogens (tertiary/aromatic N) is 1. The van der Waals surface area contributed by atoms with Crippen LogP contribution in [0.1, 0.15) is 18.9 Å². The van der Waals surface area contributed by atoms with E-state index in [1.807, 2.05) is 12.1 Å². The van der Waals surface area contributed by atoms with E-state index in [1.54, 1.807) is 6.07 Å². The number of fused-ring (bicyclic) bond motifs is 1. The molecule has 122 valence electrons. The molecule has 3 rings (SSSR count). The first-order chi connectivity index (χ1) is 10.3. The molecule has 0 amide bonds. The van der Waals surface area contributed by atoms with Crippen molar-refractivity contribution in [2.24, 2.45) is 11.8 Å². The van der Waals surface area contributed by atoms with Gasteiger partial charge >= 0.3 is 0 Å². The number of piperidine rings is 1. The van der Waals surface area contributed by atoms with Crippen LogP contribution in [0.5, 0.6) is 0 Å². The molecule has 0 aromatic heterocycles. The summed E-state index contributed by atoms with van der Waals surface area (Å²) in [6, 6.07) is 7.78. The molecule has 2 fully saturated rings. The Labute approximate surface area is 132 Å². The smallest absolute Gasteiger partial charge is 0.229 e. The Morgan fingerprint density at radius 1 is 1.36 bits per heavy atom. The molecule has 0 radical (unpaired) electrons. The second-order valence-corrected chi connectivity index (χ2v) is 8.54. The predicted octanol–water partition coefficient (Wildman–Crippen LogP) is 1.26. The number of rotatable bonds is 6. The lowest BCUT2D eigenvalue weighted by Crippen LogP contribution is -2.30. The molecule has 2 unspecified atom stereocenters. The minimum absolute atomic E-state index is 0.158. The molecule has 1 aliphatic heterocycles. The molecule has 0 spiro atoms. The number of nitrogens with one attached hydrogen (secondary N) is 1. The van der Waals surface area contributed by atoms with Crippen LogP contribution >= 0.6 is 0 Å². The molecule has 2 atom stereocenters. The maximum Gasteiger partial charge on any atom is 0.229 e. The van der Waals surface area contributed by atoms with Gasteiger partial charge in [0, 0.05) is 37.3 Å². The summed E-state index contributed by atoms with van der Waals surface area (Å²) in [4.78, 5) is 2.42. The second-order valence-electron chi connectivity index (χ2n) is 6.79. The van der Waals surface area contributed by atoms with Crippen LogP contribution in [0.4, 0.5) is 5.69 Å². The van der Waals surface area contributed by atoms with E-state index in [1.165, 1.54) is 11.8 Å². The molecule has 1 heterocycles. The molecule has 1 saturated heterocycles. The molecule has 1 aromatic rings. The highest BCUT2D eigenvalue weighted by atomic mass is 32.2. The van der Waals surface area contributed by atoms with Crippen LogP contribution in [0.25, 0.3) is 0 Å². The number of aliphatic hydroxyl groups excluding tert-OH is 1. The average Bonchev–Trinajstić information content (AvgIpc) is 2.83. The van der Waals surface area contributed by atoms with Gasteiger partial charge in [-0.2, -0.15) is 0 Å². The van der Waals surface area contributed by atoms with Gasteiger partial charge < -0.3 is 10.0 Å². The van der Waals surface area contributed by atoms with Crippen LogP contribution in [0, 0.1) is 11.8 Å². The zero-order valence-electron chi connectivity index (χ0n) is 13.1. The first-order valence-electron chi connectivity index (χ1n) is 7.76. The summed E-state index contributed by atoms with van der Waals surface area (Å²) in [7, 11) is -3.24. The molecule has 6 heteroatoms. The summed E-state index contributed by atoms with van der Waals surface area (Å²) in [5.74, 6) is 1.28. The molecule has 1 aromatic carbocycles. The Morgan fingerprint density at radius 3 is 2.64 bits per heavy atom. The van der Waals surface area contributed by atoms with Gasteiger partial charge in [0.25, 0.3) is 0 Å². The number of hydrogen-bond acceptors (Lipinski definition) is 4. The Bertz CT molecular complexity index is 647. The highest BCUT2D eigenvalue weighted by Crippen LogP contribution is 2.63. The first-order valence-corrected chi connectivity index (χ1v) is 9.65. The van der Waals surface area contributed by atoms with Crippen molar-refractivity contribution >= 4 is 15.7 Å². The van der Waals surface area contributed by atoms with Crippen LogP contribution in [-0.4, -0.2) is 50.9 Å². The van der Waals surface area contributed by atoms with Crippen molar-refractivity contribution in [2.45, 2.75) is 18.8 Å². The lowest BCUT2D eigenvalue weighted by atomic mass is 9.92. The van der Waals surface area contributed by atoms with Gasteiger partial charge in [-0.3, -0.25) is 4.72 Å². The summed E-state index contributed by atoms with van der Waals surface area (Å²) >= 11 is 0. The Kier molecular flexibility index (Phi) is 3.95. The van der Waals surface area contributed by atoms with Gasteiger partial charge in [-0.25, -0.2) is 8.42 Å². The quantitative estimate of drug-likeness (QED) is 0.826. The maximum atomic E-state index is 11.4. The van der Waals surface area contributed by atoms with Crippen molar-refractivity contribution < 1.29 is 13.5 Å². The Morgan fingerprint density at radius 2 is 2.05 bits per heavy atom. The number of hydrogen-bond donors (Lipinski definition) is 2.